The Balaban J connectivity index is 1.89. The molecule has 0 radical (unpaired) electrons. The van der Waals surface area contributed by atoms with Gasteiger partial charge in [-0.25, -0.2) is 4.98 Å². The quantitative estimate of drug-likeness (QED) is 0.518. The van der Waals surface area contributed by atoms with Gasteiger partial charge in [-0.2, -0.15) is 0 Å². The molecular weight excluding hydrogens is 410 g/mol. The third-order valence-corrected chi connectivity index (χ3v) is 6.98. The van der Waals surface area contributed by atoms with Gasteiger partial charge in [0, 0.05) is 29.4 Å². The lowest BCUT2D eigenvalue weighted by Gasteiger charge is -2.38. The number of carbonyl (C=O) groups is 1. The summed E-state index contributed by atoms with van der Waals surface area (Å²) in [6, 6.07) is 7.60. The Morgan fingerprint density at radius 2 is 2.03 bits per heavy atom. The number of benzene rings is 1. The van der Waals surface area contributed by atoms with Crippen molar-refractivity contribution in [2.24, 2.45) is 11.3 Å². The Labute approximate surface area is 186 Å². The molecule has 7 heteroatoms. The van der Waals surface area contributed by atoms with E-state index in [1.54, 1.807) is 7.11 Å². The maximum Gasteiger partial charge on any atom is 0.257 e. The van der Waals surface area contributed by atoms with Crippen LogP contribution >= 0.6 is 11.8 Å². The number of aromatic amines is 1. The van der Waals surface area contributed by atoms with Gasteiger partial charge in [-0.05, 0) is 35.4 Å². The summed E-state index contributed by atoms with van der Waals surface area (Å²) in [6.45, 7) is 8.46. The van der Waals surface area contributed by atoms with E-state index in [0.29, 0.717) is 40.2 Å². The minimum Gasteiger partial charge on any atom is -0.497 e. The molecule has 0 saturated carbocycles. The molecule has 1 unspecified atom stereocenters. The number of thioether (sulfide) groups is 1. The van der Waals surface area contributed by atoms with Crippen LogP contribution in [0.3, 0.4) is 0 Å². The van der Waals surface area contributed by atoms with Gasteiger partial charge in [0.15, 0.2) is 10.9 Å². The van der Waals surface area contributed by atoms with Crippen molar-refractivity contribution < 1.29 is 9.53 Å². The van der Waals surface area contributed by atoms with Crippen molar-refractivity contribution in [2.75, 3.05) is 18.2 Å². The summed E-state index contributed by atoms with van der Waals surface area (Å²) < 4.78 is 5.41. The number of nitrogens with one attached hydrogen (secondary N) is 2. The number of nitrogens with zero attached hydrogens (tertiary/aromatic N) is 1. The van der Waals surface area contributed by atoms with Gasteiger partial charge in [0.2, 0.25) is 0 Å². The van der Waals surface area contributed by atoms with Crippen molar-refractivity contribution in [3.8, 4) is 5.75 Å². The number of aromatic nitrogens is 2. The Morgan fingerprint density at radius 1 is 1.26 bits per heavy atom. The largest absolute Gasteiger partial charge is 0.497 e. The number of H-pyrrole nitrogens is 1. The second-order valence-corrected chi connectivity index (χ2v) is 10.5. The Hall–Kier alpha value is -2.54. The van der Waals surface area contributed by atoms with Gasteiger partial charge in [-0.1, -0.05) is 51.6 Å². The van der Waals surface area contributed by atoms with Crippen molar-refractivity contribution >= 4 is 23.4 Å². The van der Waals surface area contributed by atoms with E-state index in [2.05, 4.69) is 38.0 Å². The van der Waals surface area contributed by atoms with Crippen LogP contribution in [0.25, 0.3) is 0 Å². The molecule has 0 amide bonds. The summed E-state index contributed by atoms with van der Waals surface area (Å²) in [6.07, 6.45) is 1.19. The molecule has 1 aromatic carbocycles. The summed E-state index contributed by atoms with van der Waals surface area (Å²) in [5.41, 5.74) is 2.55. The van der Waals surface area contributed by atoms with Crippen LogP contribution in [0.4, 0.5) is 5.82 Å². The number of allylic oxidation sites excluding steroid dienone is 2. The zero-order valence-corrected chi connectivity index (χ0v) is 19.5. The van der Waals surface area contributed by atoms with Crippen molar-refractivity contribution in [1.29, 1.82) is 0 Å². The first kappa shape index (κ1) is 21.7. The Kier molecular flexibility index (Phi) is 5.73. The minimum atomic E-state index is -0.467. The van der Waals surface area contributed by atoms with Crippen molar-refractivity contribution in [1.82, 2.24) is 9.97 Å². The fraction of sp³-hybridized carbons (Fsp3) is 0.458. The summed E-state index contributed by atoms with van der Waals surface area (Å²) in [5, 5.41) is 3.96. The van der Waals surface area contributed by atoms with E-state index in [0.717, 1.165) is 23.4 Å². The second kappa shape index (κ2) is 8.19. The third kappa shape index (κ3) is 4.28. The highest BCUT2D eigenvalue weighted by Crippen LogP contribution is 2.48. The van der Waals surface area contributed by atoms with Crippen molar-refractivity contribution in [3.63, 3.8) is 0 Å². The number of methoxy groups -OCH3 is 1. The first-order valence-electron chi connectivity index (χ1n) is 10.6. The molecule has 2 aliphatic rings. The first-order valence-corrected chi connectivity index (χ1v) is 11.6. The Bertz CT molecular complexity index is 1120. The fourth-order valence-electron chi connectivity index (χ4n) is 4.36. The highest BCUT2D eigenvalue weighted by atomic mass is 32.2. The van der Waals surface area contributed by atoms with Gasteiger partial charge < -0.3 is 15.0 Å². The Morgan fingerprint density at radius 3 is 2.74 bits per heavy atom. The number of anilines is 1. The molecule has 1 aromatic heterocycles. The molecule has 1 aliphatic carbocycles. The number of ether oxygens (including phenoxy) is 1. The lowest BCUT2D eigenvalue weighted by Crippen LogP contribution is -2.37. The van der Waals surface area contributed by atoms with Crippen LogP contribution in [0.5, 0.6) is 5.75 Å². The highest BCUT2D eigenvalue weighted by molar-refractivity contribution is 7.99. The van der Waals surface area contributed by atoms with E-state index in [4.69, 9.17) is 9.72 Å². The van der Waals surface area contributed by atoms with Gasteiger partial charge >= 0.3 is 0 Å². The SMILES string of the molecule is COc1cccc(C2C3=C(CC(C)(C)CC3=O)Nc3nc(SCC(C)C)[nH]c(=O)c32)c1. The number of hydrogen-bond donors (Lipinski definition) is 2. The smallest absolute Gasteiger partial charge is 0.257 e. The average Bonchev–Trinajstić information content (AvgIpc) is 2.69. The van der Waals surface area contributed by atoms with Gasteiger partial charge in [0.1, 0.15) is 11.6 Å². The first-order chi connectivity index (χ1) is 14.7. The van der Waals surface area contributed by atoms with E-state index in [1.807, 2.05) is 24.3 Å². The summed E-state index contributed by atoms with van der Waals surface area (Å²) in [7, 11) is 1.61. The van der Waals surface area contributed by atoms with Crippen molar-refractivity contribution in [3.05, 3.63) is 57.0 Å². The van der Waals surface area contributed by atoms with E-state index in [-0.39, 0.29) is 16.8 Å². The molecule has 6 nitrogen and oxygen atoms in total. The van der Waals surface area contributed by atoms with Crippen LogP contribution in [0.2, 0.25) is 0 Å². The molecule has 0 saturated heterocycles. The van der Waals surface area contributed by atoms with E-state index in [9.17, 15) is 9.59 Å². The normalized spacial score (nSPS) is 19.7. The number of carbonyl (C=O) groups excluding carboxylic acids is 1. The van der Waals surface area contributed by atoms with Gasteiger partial charge in [0.05, 0.1) is 12.7 Å². The summed E-state index contributed by atoms with van der Waals surface area (Å²) in [5.74, 6) is 2.19. The minimum absolute atomic E-state index is 0.0786. The maximum atomic E-state index is 13.3. The van der Waals surface area contributed by atoms with Gasteiger partial charge in [-0.15, -0.1) is 0 Å². The average molecular weight is 440 g/mol. The number of fused-ring (bicyclic) bond motifs is 1. The van der Waals surface area contributed by atoms with Crippen LogP contribution in [-0.2, 0) is 4.79 Å². The van der Waals surface area contributed by atoms with E-state index >= 15 is 0 Å². The van der Waals surface area contributed by atoms with Crippen molar-refractivity contribution in [2.45, 2.75) is 51.6 Å². The molecule has 0 fully saturated rings. The van der Waals surface area contributed by atoms with Gasteiger partial charge in [-0.3, -0.25) is 9.59 Å². The van der Waals surface area contributed by atoms with E-state index in [1.165, 1.54) is 11.8 Å². The predicted octanol–water partition coefficient (Wildman–Crippen LogP) is 4.73. The fourth-order valence-corrected chi connectivity index (χ4v) is 5.17. The number of rotatable bonds is 5. The monoisotopic (exact) mass is 439 g/mol. The van der Waals surface area contributed by atoms with Crippen LogP contribution in [0.15, 0.2) is 45.5 Å². The molecule has 1 aliphatic heterocycles. The maximum absolute atomic E-state index is 13.3. The third-order valence-electron chi connectivity index (χ3n) is 5.68. The topological polar surface area (TPSA) is 84.1 Å². The van der Waals surface area contributed by atoms with Gasteiger partial charge in [0.25, 0.3) is 5.56 Å². The van der Waals surface area contributed by atoms with E-state index < -0.39 is 5.92 Å². The molecule has 2 N–H and O–H groups in total. The highest BCUT2D eigenvalue weighted by Gasteiger charge is 2.42. The molecular formula is C24H29N3O3S. The lowest BCUT2D eigenvalue weighted by atomic mass is 9.69. The van der Waals surface area contributed by atoms with Crippen LogP contribution in [-0.4, -0.2) is 28.6 Å². The molecule has 2 heterocycles. The van der Waals surface area contributed by atoms with Crippen LogP contribution in [0, 0.1) is 11.3 Å². The predicted molar refractivity (Wildman–Crippen MR) is 124 cm³/mol. The zero-order valence-electron chi connectivity index (χ0n) is 18.7. The zero-order chi connectivity index (χ0) is 22.3. The number of ketones is 1. The standard InChI is InChI=1S/C24H29N3O3S/c1-13(2)12-31-23-26-21-20(22(29)27-23)18(14-7-6-8-15(9-14)30-5)19-16(25-21)10-24(3,4)11-17(19)28/h6-9,13,18H,10-12H2,1-5H3,(H2,25,26,27,29). The molecule has 31 heavy (non-hydrogen) atoms. The van der Waals surface area contributed by atoms with Crippen LogP contribution in [0.1, 0.15) is 57.6 Å². The molecule has 4 rings (SSSR count). The lowest BCUT2D eigenvalue weighted by molar-refractivity contribution is -0.118. The summed E-state index contributed by atoms with van der Waals surface area (Å²) >= 11 is 1.54. The second-order valence-electron chi connectivity index (χ2n) is 9.51. The molecule has 164 valence electrons. The number of Topliss-reactive ketones (excluding diaryl/α,β-unsaturated/α-hetero) is 1. The van der Waals surface area contributed by atoms with Crippen LogP contribution < -0.4 is 15.6 Å². The molecule has 2 aromatic rings. The molecule has 0 spiro atoms. The number of hydrogen-bond acceptors (Lipinski definition) is 6. The summed E-state index contributed by atoms with van der Waals surface area (Å²) in [4.78, 5) is 34.2. The molecule has 1 atom stereocenters. The molecule has 0 bridgehead atoms.